The molecule has 1 aromatic carbocycles. The third kappa shape index (κ3) is 4.01. The van der Waals surface area contributed by atoms with E-state index in [2.05, 4.69) is 45.3 Å². The zero-order chi connectivity index (χ0) is 16.3. The number of thiophene rings is 1. The van der Waals surface area contributed by atoms with Gasteiger partial charge in [0, 0.05) is 24.5 Å². The second-order valence-corrected chi connectivity index (χ2v) is 8.85. The number of hydrogen-bond acceptors (Lipinski definition) is 4. The quantitative estimate of drug-likeness (QED) is 0.871. The summed E-state index contributed by atoms with van der Waals surface area (Å²) >= 11 is 1.69. The molecule has 1 aliphatic rings. The summed E-state index contributed by atoms with van der Waals surface area (Å²) in [5.74, 6) is 0.118. The molecule has 1 aliphatic heterocycles. The molecule has 124 valence electrons. The van der Waals surface area contributed by atoms with Crippen molar-refractivity contribution in [1.82, 2.24) is 9.62 Å². The minimum Gasteiger partial charge on any atom is -0.290 e. The number of sulfonamides is 1. The molecule has 23 heavy (non-hydrogen) atoms. The van der Waals surface area contributed by atoms with E-state index in [0.29, 0.717) is 6.54 Å². The fraction of sp³-hybridized carbons (Fsp3) is 0.412. The maximum Gasteiger partial charge on any atom is 0.211 e. The lowest BCUT2D eigenvalue weighted by atomic mass is 9.98. The molecule has 0 amide bonds. The highest BCUT2D eigenvalue weighted by Gasteiger charge is 2.26. The molecule has 0 radical (unpaired) electrons. The predicted molar refractivity (Wildman–Crippen MR) is 95.1 cm³/mol. The second kappa shape index (κ2) is 7.13. The van der Waals surface area contributed by atoms with Crippen molar-refractivity contribution in [2.45, 2.75) is 25.9 Å². The van der Waals surface area contributed by atoms with Crippen LogP contribution in [-0.4, -0.2) is 32.2 Å². The fourth-order valence-electron chi connectivity index (χ4n) is 2.98. The molecule has 4 nitrogen and oxygen atoms in total. The Bertz CT molecular complexity index is 742. The van der Waals surface area contributed by atoms with Crippen LogP contribution in [0.4, 0.5) is 0 Å². The topological polar surface area (TPSA) is 49.4 Å². The lowest BCUT2D eigenvalue weighted by Crippen LogP contribution is -2.40. The smallest absolute Gasteiger partial charge is 0.211 e. The first-order valence-corrected chi connectivity index (χ1v) is 10.4. The summed E-state index contributed by atoms with van der Waals surface area (Å²) in [5.41, 5.74) is 2.75. The first kappa shape index (κ1) is 16.6. The highest BCUT2D eigenvalue weighted by Crippen LogP contribution is 2.30. The average Bonchev–Trinajstić information content (AvgIpc) is 3.09. The summed E-state index contributed by atoms with van der Waals surface area (Å²) in [7, 11) is -3.18. The Hall–Kier alpha value is -1.21. The molecule has 0 spiro atoms. The van der Waals surface area contributed by atoms with Crippen LogP contribution in [0, 0.1) is 0 Å². The Morgan fingerprint density at radius 1 is 1.22 bits per heavy atom. The standard InChI is InChI=1S/C17H22N2O2S2/c1-2-23(20,21)18-12-16(17-8-5-11-22-17)19-10-9-14-6-3-4-7-15(14)13-19/h3-8,11,16,18H,2,9-10,12-13H2,1H3/t16-/m1/s1. The summed E-state index contributed by atoms with van der Waals surface area (Å²) in [6.07, 6.45) is 1.01. The molecule has 1 aromatic heterocycles. The van der Waals surface area contributed by atoms with E-state index in [-0.39, 0.29) is 11.8 Å². The van der Waals surface area contributed by atoms with Crippen molar-refractivity contribution in [3.8, 4) is 0 Å². The maximum absolute atomic E-state index is 11.8. The number of benzene rings is 1. The van der Waals surface area contributed by atoms with Gasteiger partial charge in [-0.25, -0.2) is 13.1 Å². The molecule has 0 bridgehead atoms. The second-order valence-electron chi connectivity index (χ2n) is 5.77. The molecule has 0 saturated carbocycles. The minimum absolute atomic E-state index is 0.0877. The molecule has 3 rings (SSSR count). The van der Waals surface area contributed by atoms with Gasteiger partial charge in [0.05, 0.1) is 11.8 Å². The summed E-state index contributed by atoms with van der Waals surface area (Å²) in [4.78, 5) is 3.59. The average molecular weight is 351 g/mol. The van der Waals surface area contributed by atoms with Gasteiger partial charge in [-0.15, -0.1) is 11.3 Å². The van der Waals surface area contributed by atoms with Crippen LogP contribution < -0.4 is 4.72 Å². The zero-order valence-electron chi connectivity index (χ0n) is 13.2. The summed E-state index contributed by atoms with van der Waals surface area (Å²) < 4.78 is 26.4. The molecule has 2 aromatic rings. The van der Waals surface area contributed by atoms with Crippen LogP contribution in [0.1, 0.15) is 29.0 Å². The van der Waals surface area contributed by atoms with Gasteiger partial charge in [0.1, 0.15) is 0 Å². The van der Waals surface area contributed by atoms with Gasteiger partial charge in [0.2, 0.25) is 10.0 Å². The first-order valence-electron chi connectivity index (χ1n) is 7.90. The Kier molecular flexibility index (Phi) is 5.16. The molecule has 0 fully saturated rings. The van der Waals surface area contributed by atoms with Crippen molar-refractivity contribution in [2.24, 2.45) is 0 Å². The van der Waals surface area contributed by atoms with Crippen molar-refractivity contribution >= 4 is 21.4 Å². The molecule has 2 heterocycles. The Balaban J connectivity index is 1.79. The molecule has 0 saturated heterocycles. The number of nitrogens with zero attached hydrogens (tertiary/aromatic N) is 1. The molecular weight excluding hydrogens is 328 g/mol. The van der Waals surface area contributed by atoms with E-state index < -0.39 is 10.0 Å². The van der Waals surface area contributed by atoms with E-state index in [0.717, 1.165) is 19.5 Å². The van der Waals surface area contributed by atoms with Gasteiger partial charge in [0.25, 0.3) is 0 Å². The molecule has 0 aliphatic carbocycles. The Morgan fingerprint density at radius 3 is 2.70 bits per heavy atom. The van der Waals surface area contributed by atoms with Crippen LogP contribution in [0.3, 0.4) is 0 Å². The highest BCUT2D eigenvalue weighted by atomic mass is 32.2. The van der Waals surface area contributed by atoms with E-state index in [1.807, 2.05) is 6.07 Å². The van der Waals surface area contributed by atoms with Crippen LogP contribution in [0.2, 0.25) is 0 Å². The minimum atomic E-state index is -3.18. The zero-order valence-corrected chi connectivity index (χ0v) is 14.9. The molecule has 0 unspecified atom stereocenters. The summed E-state index contributed by atoms with van der Waals surface area (Å²) in [6, 6.07) is 12.7. The van der Waals surface area contributed by atoms with Gasteiger partial charge in [0.15, 0.2) is 0 Å². The third-order valence-electron chi connectivity index (χ3n) is 4.35. The van der Waals surface area contributed by atoms with Crippen molar-refractivity contribution in [2.75, 3.05) is 18.8 Å². The fourth-order valence-corrected chi connectivity index (χ4v) is 4.46. The van der Waals surface area contributed by atoms with Gasteiger partial charge in [-0.1, -0.05) is 30.3 Å². The number of rotatable bonds is 6. The van der Waals surface area contributed by atoms with Crippen LogP contribution in [0.15, 0.2) is 41.8 Å². The molecule has 6 heteroatoms. The monoisotopic (exact) mass is 350 g/mol. The largest absolute Gasteiger partial charge is 0.290 e. The number of hydrogen-bond donors (Lipinski definition) is 1. The molecular formula is C17H22N2O2S2. The third-order valence-corrected chi connectivity index (χ3v) is 6.69. The van der Waals surface area contributed by atoms with Crippen LogP contribution in [-0.2, 0) is 23.0 Å². The van der Waals surface area contributed by atoms with Crippen molar-refractivity contribution in [3.63, 3.8) is 0 Å². The van der Waals surface area contributed by atoms with Gasteiger partial charge in [-0.2, -0.15) is 0 Å². The summed E-state index contributed by atoms with van der Waals surface area (Å²) in [5, 5.41) is 2.05. The van der Waals surface area contributed by atoms with E-state index in [4.69, 9.17) is 0 Å². The van der Waals surface area contributed by atoms with Crippen LogP contribution >= 0.6 is 11.3 Å². The summed E-state index contributed by atoms with van der Waals surface area (Å²) in [6.45, 7) is 3.92. The Labute approximate surface area is 142 Å². The van der Waals surface area contributed by atoms with E-state index in [1.165, 1.54) is 16.0 Å². The molecule has 1 N–H and O–H groups in total. The lowest BCUT2D eigenvalue weighted by molar-refractivity contribution is 0.183. The van der Waals surface area contributed by atoms with E-state index in [1.54, 1.807) is 18.3 Å². The number of nitrogens with one attached hydrogen (secondary N) is 1. The van der Waals surface area contributed by atoms with Crippen LogP contribution in [0.5, 0.6) is 0 Å². The van der Waals surface area contributed by atoms with Gasteiger partial charge >= 0.3 is 0 Å². The van der Waals surface area contributed by atoms with Gasteiger partial charge in [-0.3, -0.25) is 4.90 Å². The molecule has 1 atom stereocenters. The lowest BCUT2D eigenvalue weighted by Gasteiger charge is -2.35. The first-order chi connectivity index (χ1) is 11.1. The van der Waals surface area contributed by atoms with Gasteiger partial charge < -0.3 is 0 Å². The number of fused-ring (bicyclic) bond motifs is 1. The van der Waals surface area contributed by atoms with Gasteiger partial charge in [-0.05, 0) is 35.9 Å². The van der Waals surface area contributed by atoms with E-state index in [9.17, 15) is 8.42 Å². The van der Waals surface area contributed by atoms with E-state index >= 15 is 0 Å². The maximum atomic E-state index is 11.8. The van der Waals surface area contributed by atoms with Crippen LogP contribution in [0.25, 0.3) is 0 Å². The highest BCUT2D eigenvalue weighted by molar-refractivity contribution is 7.89. The Morgan fingerprint density at radius 2 is 2.00 bits per heavy atom. The normalized spacial score (nSPS) is 16.9. The van der Waals surface area contributed by atoms with Crippen molar-refractivity contribution < 1.29 is 8.42 Å². The van der Waals surface area contributed by atoms with Crippen molar-refractivity contribution in [3.05, 3.63) is 57.8 Å². The predicted octanol–water partition coefficient (Wildman–Crippen LogP) is 2.79. The SMILES string of the molecule is CCS(=O)(=O)NC[C@H](c1cccs1)N1CCc2ccccc2C1. The van der Waals surface area contributed by atoms with Crippen molar-refractivity contribution in [1.29, 1.82) is 0 Å².